The van der Waals surface area contributed by atoms with Crippen LogP contribution in [0.25, 0.3) is 0 Å². The second-order valence-electron chi connectivity index (χ2n) is 5.44. The maximum atomic E-state index is 6.12. The summed E-state index contributed by atoms with van der Waals surface area (Å²) in [7, 11) is 0. The topological polar surface area (TPSA) is 24.1 Å². The van der Waals surface area contributed by atoms with Crippen LogP contribution in [0.2, 0.25) is 5.02 Å². The van der Waals surface area contributed by atoms with Crippen molar-refractivity contribution in [1.29, 1.82) is 0 Å². The minimum Gasteiger partial charge on any atom is -0.360 e. The van der Waals surface area contributed by atoms with Crippen LogP contribution in [-0.4, -0.2) is 11.2 Å². The van der Waals surface area contributed by atoms with Gasteiger partial charge in [0.25, 0.3) is 0 Å². The molecule has 0 amide bonds. The van der Waals surface area contributed by atoms with Crippen LogP contribution < -0.4 is 10.6 Å². The molecule has 2 nitrogen and oxygen atoms in total. The summed E-state index contributed by atoms with van der Waals surface area (Å²) in [5.74, 6) is 0. The van der Waals surface area contributed by atoms with E-state index in [0.29, 0.717) is 11.2 Å². The second kappa shape index (κ2) is 8.16. The number of aryl methyl sites for hydroxylation is 1. The van der Waals surface area contributed by atoms with Crippen molar-refractivity contribution in [3.8, 4) is 0 Å². The van der Waals surface area contributed by atoms with Crippen molar-refractivity contribution in [3.63, 3.8) is 0 Å². The molecule has 0 bridgehead atoms. The minimum atomic E-state index is 0.305. The molecule has 2 N–H and O–H groups in total. The van der Waals surface area contributed by atoms with Gasteiger partial charge in [-0.05, 0) is 62.2 Å². The molecule has 0 spiro atoms. The molecule has 116 valence electrons. The normalized spacial score (nSPS) is 11.8. The van der Waals surface area contributed by atoms with E-state index in [9.17, 15) is 0 Å². The number of nitrogens with one attached hydrogen (secondary N) is 2. The quantitative estimate of drug-likeness (QED) is 0.757. The number of hydrogen-bond donors (Lipinski definition) is 2. The lowest BCUT2D eigenvalue weighted by atomic mass is 10.1. The van der Waals surface area contributed by atoms with Crippen molar-refractivity contribution >= 4 is 34.6 Å². The lowest BCUT2D eigenvalue weighted by molar-refractivity contribution is 0.609. The first-order valence-corrected chi connectivity index (χ1v) is 8.21. The number of thiocarbonyl (C=S) groups is 1. The molecule has 0 aliphatic carbocycles. The highest BCUT2D eigenvalue weighted by molar-refractivity contribution is 7.80. The molecule has 2 aromatic carbocycles. The molecule has 1 atom stereocenters. The third-order valence-corrected chi connectivity index (χ3v) is 4.23. The zero-order valence-electron chi connectivity index (χ0n) is 12.9. The van der Waals surface area contributed by atoms with E-state index in [1.807, 2.05) is 31.2 Å². The smallest absolute Gasteiger partial charge is 0.170 e. The summed E-state index contributed by atoms with van der Waals surface area (Å²) >= 11 is 11.5. The van der Waals surface area contributed by atoms with Gasteiger partial charge in [-0.1, -0.05) is 48.0 Å². The second-order valence-corrected chi connectivity index (χ2v) is 6.25. The van der Waals surface area contributed by atoms with Crippen LogP contribution >= 0.6 is 23.8 Å². The molecule has 0 aliphatic rings. The Labute approximate surface area is 142 Å². The van der Waals surface area contributed by atoms with Crippen molar-refractivity contribution in [1.82, 2.24) is 5.32 Å². The van der Waals surface area contributed by atoms with Gasteiger partial charge in [0.15, 0.2) is 5.11 Å². The number of anilines is 1. The zero-order valence-corrected chi connectivity index (χ0v) is 14.5. The van der Waals surface area contributed by atoms with Crippen LogP contribution in [0.3, 0.4) is 0 Å². The largest absolute Gasteiger partial charge is 0.360 e. The van der Waals surface area contributed by atoms with Crippen molar-refractivity contribution < 1.29 is 0 Å². The molecular formula is C18H21ClN2S. The first-order chi connectivity index (χ1) is 10.6. The third kappa shape index (κ3) is 5.00. The first kappa shape index (κ1) is 16.8. The standard InChI is InChI=1S/C18H21ClN2S/c1-13(11-12-15-7-4-3-5-8-15)20-18(22)21-17-10-6-9-16(19)14(17)2/h3-10,13H,11-12H2,1-2H3,(H2,20,21,22). The van der Waals surface area contributed by atoms with Gasteiger partial charge in [0.1, 0.15) is 0 Å². The number of hydrogen-bond acceptors (Lipinski definition) is 1. The highest BCUT2D eigenvalue weighted by Crippen LogP contribution is 2.22. The molecule has 2 rings (SSSR count). The highest BCUT2D eigenvalue weighted by atomic mass is 35.5. The predicted octanol–water partition coefficient (Wildman–Crippen LogP) is 4.96. The Morgan fingerprint density at radius 2 is 1.86 bits per heavy atom. The van der Waals surface area contributed by atoms with E-state index in [1.54, 1.807) is 0 Å². The van der Waals surface area contributed by atoms with Crippen molar-refractivity contribution in [2.24, 2.45) is 0 Å². The Kier molecular flexibility index (Phi) is 6.22. The molecule has 4 heteroatoms. The highest BCUT2D eigenvalue weighted by Gasteiger charge is 2.07. The molecule has 0 saturated carbocycles. The van der Waals surface area contributed by atoms with Gasteiger partial charge in [0.05, 0.1) is 0 Å². The van der Waals surface area contributed by atoms with E-state index in [2.05, 4.69) is 41.8 Å². The predicted molar refractivity (Wildman–Crippen MR) is 99.8 cm³/mol. The fourth-order valence-corrected chi connectivity index (χ4v) is 2.71. The van der Waals surface area contributed by atoms with Gasteiger partial charge >= 0.3 is 0 Å². The van der Waals surface area contributed by atoms with E-state index in [4.69, 9.17) is 23.8 Å². The number of halogens is 1. The van der Waals surface area contributed by atoms with Crippen molar-refractivity contribution in [3.05, 3.63) is 64.7 Å². The average molecular weight is 333 g/mol. The van der Waals surface area contributed by atoms with E-state index in [-0.39, 0.29) is 0 Å². The summed E-state index contributed by atoms with van der Waals surface area (Å²) in [6.07, 6.45) is 2.06. The molecule has 22 heavy (non-hydrogen) atoms. The maximum Gasteiger partial charge on any atom is 0.170 e. The van der Waals surface area contributed by atoms with Gasteiger partial charge in [0.2, 0.25) is 0 Å². The van der Waals surface area contributed by atoms with E-state index in [0.717, 1.165) is 29.1 Å². The van der Waals surface area contributed by atoms with Crippen LogP contribution in [0, 0.1) is 6.92 Å². The molecule has 0 fully saturated rings. The van der Waals surface area contributed by atoms with Gasteiger partial charge in [-0.15, -0.1) is 0 Å². The maximum absolute atomic E-state index is 6.12. The summed E-state index contributed by atoms with van der Waals surface area (Å²) < 4.78 is 0. The summed E-state index contributed by atoms with van der Waals surface area (Å²) in [6.45, 7) is 4.12. The van der Waals surface area contributed by atoms with E-state index >= 15 is 0 Å². The summed E-state index contributed by atoms with van der Waals surface area (Å²) in [4.78, 5) is 0. The molecule has 0 aliphatic heterocycles. The monoisotopic (exact) mass is 332 g/mol. The molecule has 1 unspecified atom stereocenters. The summed E-state index contributed by atoms with van der Waals surface area (Å²) in [6, 6.07) is 16.6. The molecule has 0 saturated heterocycles. The molecular weight excluding hydrogens is 312 g/mol. The molecule has 0 aromatic heterocycles. The Balaban J connectivity index is 1.82. The zero-order chi connectivity index (χ0) is 15.9. The fourth-order valence-electron chi connectivity index (χ4n) is 2.23. The first-order valence-electron chi connectivity index (χ1n) is 7.43. The number of benzene rings is 2. The van der Waals surface area contributed by atoms with Crippen molar-refractivity contribution in [2.75, 3.05) is 5.32 Å². The van der Waals surface area contributed by atoms with Gasteiger partial charge in [-0.25, -0.2) is 0 Å². The Hall–Kier alpha value is -1.58. The van der Waals surface area contributed by atoms with Gasteiger partial charge in [0, 0.05) is 16.8 Å². The Morgan fingerprint density at radius 3 is 2.59 bits per heavy atom. The Morgan fingerprint density at radius 1 is 1.14 bits per heavy atom. The fraction of sp³-hybridized carbons (Fsp3) is 0.278. The third-order valence-electron chi connectivity index (χ3n) is 3.60. The Bertz CT molecular complexity index is 628. The van der Waals surface area contributed by atoms with Crippen LogP contribution in [0.5, 0.6) is 0 Å². The van der Waals surface area contributed by atoms with Crippen LogP contribution in [0.4, 0.5) is 5.69 Å². The lowest BCUT2D eigenvalue weighted by Crippen LogP contribution is -2.36. The molecule has 2 aromatic rings. The lowest BCUT2D eigenvalue weighted by Gasteiger charge is -2.18. The SMILES string of the molecule is Cc1c(Cl)cccc1NC(=S)NC(C)CCc1ccccc1. The molecule has 0 heterocycles. The summed E-state index contributed by atoms with van der Waals surface area (Å²) in [5, 5.41) is 7.91. The van der Waals surface area contributed by atoms with Gasteiger partial charge in [-0.3, -0.25) is 0 Å². The average Bonchev–Trinajstić information content (AvgIpc) is 2.51. The summed E-state index contributed by atoms with van der Waals surface area (Å²) in [5.41, 5.74) is 3.30. The van der Waals surface area contributed by atoms with Crippen LogP contribution in [0.15, 0.2) is 48.5 Å². The minimum absolute atomic E-state index is 0.305. The van der Waals surface area contributed by atoms with Gasteiger partial charge < -0.3 is 10.6 Å². The number of rotatable bonds is 5. The van der Waals surface area contributed by atoms with Gasteiger partial charge in [-0.2, -0.15) is 0 Å². The van der Waals surface area contributed by atoms with Crippen LogP contribution in [-0.2, 0) is 6.42 Å². The van der Waals surface area contributed by atoms with E-state index < -0.39 is 0 Å². The van der Waals surface area contributed by atoms with Crippen molar-refractivity contribution in [2.45, 2.75) is 32.7 Å². The molecule has 0 radical (unpaired) electrons. The van der Waals surface area contributed by atoms with Crippen LogP contribution in [0.1, 0.15) is 24.5 Å². The van der Waals surface area contributed by atoms with E-state index in [1.165, 1.54) is 5.56 Å².